The minimum atomic E-state index is -0.957. The molecular weight excluding hydrogens is 404 g/mol. The number of rotatable bonds is 5. The fourth-order valence-corrected chi connectivity index (χ4v) is 3.55. The van der Waals surface area contributed by atoms with Gasteiger partial charge in [-0.25, -0.2) is 9.59 Å². The van der Waals surface area contributed by atoms with Crippen LogP contribution in [-0.4, -0.2) is 32.4 Å². The predicted molar refractivity (Wildman–Crippen MR) is 123 cm³/mol. The number of aromatic carboxylic acids is 1. The van der Waals surface area contributed by atoms with Gasteiger partial charge in [0.15, 0.2) is 0 Å². The molecule has 0 saturated heterocycles. The number of benzene rings is 3. The zero-order valence-corrected chi connectivity index (χ0v) is 18.2. The molecule has 0 saturated carbocycles. The van der Waals surface area contributed by atoms with E-state index in [2.05, 4.69) is 5.10 Å². The van der Waals surface area contributed by atoms with Crippen LogP contribution in [0.5, 0.6) is 0 Å². The summed E-state index contributed by atoms with van der Waals surface area (Å²) in [6.45, 7) is 6.10. The van der Waals surface area contributed by atoms with Gasteiger partial charge in [0.2, 0.25) is 0 Å². The summed E-state index contributed by atoms with van der Waals surface area (Å²) in [6, 6.07) is 20.4. The molecule has 1 heterocycles. The van der Waals surface area contributed by atoms with Crippen molar-refractivity contribution >= 4 is 22.8 Å². The number of aromatic nitrogens is 2. The summed E-state index contributed by atoms with van der Waals surface area (Å²) in [7, 11) is 0. The van der Waals surface area contributed by atoms with Crippen molar-refractivity contribution in [2.45, 2.75) is 32.9 Å². The molecule has 162 valence electrons. The number of esters is 1. The van der Waals surface area contributed by atoms with E-state index < -0.39 is 11.6 Å². The highest BCUT2D eigenvalue weighted by Crippen LogP contribution is 2.26. The lowest BCUT2D eigenvalue weighted by molar-refractivity contribution is 0.00702. The summed E-state index contributed by atoms with van der Waals surface area (Å²) in [4.78, 5) is 23.8. The molecule has 4 aromatic rings. The van der Waals surface area contributed by atoms with Gasteiger partial charge < -0.3 is 9.84 Å². The smallest absolute Gasteiger partial charge is 0.339 e. The van der Waals surface area contributed by atoms with Gasteiger partial charge >= 0.3 is 11.9 Å². The molecule has 1 N–H and O–H groups in total. The van der Waals surface area contributed by atoms with Crippen LogP contribution in [0.25, 0.3) is 22.0 Å². The van der Waals surface area contributed by atoms with Crippen LogP contribution in [0.4, 0.5) is 0 Å². The van der Waals surface area contributed by atoms with Gasteiger partial charge in [-0.05, 0) is 61.7 Å². The first-order valence-corrected chi connectivity index (χ1v) is 10.3. The van der Waals surface area contributed by atoms with E-state index in [1.54, 1.807) is 30.5 Å². The van der Waals surface area contributed by atoms with Crippen molar-refractivity contribution in [3.8, 4) is 11.1 Å². The summed E-state index contributed by atoms with van der Waals surface area (Å²) in [6.07, 6.45) is 1.67. The molecule has 6 heteroatoms. The molecule has 0 unspecified atom stereocenters. The van der Waals surface area contributed by atoms with Crippen LogP contribution in [0.1, 0.15) is 47.1 Å². The maximum absolute atomic E-state index is 12.7. The SMILES string of the molecule is CC(C)(C)OC(=O)c1ccccc1-c1ccc(Cn2ncc3cc(C(=O)O)ccc32)cc1. The molecule has 0 amide bonds. The maximum atomic E-state index is 12.7. The summed E-state index contributed by atoms with van der Waals surface area (Å²) in [5.74, 6) is -1.30. The lowest BCUT2D eigenvalue weighted by atomic mass is 9.98. The van der Waals surface area contributed by atoms with E-state index in [0.717, 1.165) is 27.6 Å². The van der Waals surface area contributed by atoms with Gasteiger partial charge in [-0.15, -0.1) is 0 Å². The minimum Gasteiger partial charge on any atom is -0.478 e. The van der Waals surface area contributed by atoms with Gasteiger partial charge in [-0.2, -0.15) is 5.10 Å². The van der Waals surface area contributed by atoms with E-state index in [1.807, 2.05) is 67.9 Å². The van der Waals surface area contributed by atoms with Crippen LogP contribution in [0.3, 0.4) is 0 Å². The highest BCUT2D eigenvalue weighted by atomic mass is 16.6. The predicted octanol–water partition coefficient (Wildman–Crippen LogP) is 5.41. The largest absolute Gasteiger partial charge is 0.478 e. The number of hydrogen-bond acceptors (Lipinski definition) is 4. The van der Waals surface area contributed by atoms with Crippen LogP contribution in [0.2, 0.25) is 0 Å². The molecule has 4 rings (SSSR count). The Balaban J connectivity index is 1.58. The van der Waals surface area contributed by atoms with Crippen LogP contribution >= 0.6 is 0 Å². The Morgan fingerprint density at radius 1 is 1.00 bits per heavy atom. The van der Waals surface area contributed by atoms with E-state index in [-0.39, 0.29) is 11.5 Å². The lowest BCUT2D eigenvalue weighted by Gasteiger charge is -2.20. The highest BCUT2D eigenvalue weighted by molar-refractivity contribution is 5.97. The zero-order chi connectivity index (χ0) is 22.9. The first-order valence-electron chi connectivity index (χ1n) is 10.3. The Labute approximate surface area is 186 Å². The summed E-state index contributed by atoms with van der Waals surface area (Å²) in [5, 5.41) is 14.3. The molecule has 0 atom stereocenters. The van der Waals surface area contributed by atoms with Gasteiger partial charge in [0, 0.05) is 5.39 Å². The Morgan fingerprint density at radius 3 is 2.41 bits per heavy atom. The number of carbonyl (C=O) groups excluding carboxylic acids is 1. The fraction of sp³-hybridized carbons (Fsp3) is 0.192. The zero-order valence-electron chi connectivity index (χ0n) is 18.2. The van der Waals surface area contributed by atoms with Crippen molar-refractivity contribution in [2.75, 3.05) is 0 Å². The van der Waals surface area contributed by atoms with Crippen molar-refractivity contribution in [1.82, 2.24) is 9.78 Å². The number of fused-ring (bicyclic) bond motifs is 1. The van der Waals surface area contributed by atoms with E-state index in [4.69, 9.17) is 9.84 Å². The van der Waals surface area contributed by atoms with Crippen LogP contribution in [0, 0.1) is 0 Å². The van der Waals surface area contributed by atoms with E-state index in [0.29, 0.717) is 12.1 Å². The molecule has 0 radical (unpaired) electrons. The number of carboxylic acids is 1. The Morgan fingerprint density at radius 2 is 1.72 bits per heavy atom. The number of ether oxygens (including phenoxy) is 1. The van der Waals surface area contributed by atoms with Crippen molar-refractivity contribution in [2.24, 2.45) is 0 Å². The Hall–Kier alpha value is -3.93. The van der Waals surface area contributed by atoms with Gasteiger partial charge in [-0.1, -0.05) is 42.5 Å². The van der Waals surface area contributed by atoms with Crippen molar-refractivity contribution in [3.05, 3.63) is 89.6 Å². The van der Waals surface area contributed by atoms with E-state index in [1.165, 1.54) is 0 Å². The van der Waals surface area contributed by atoms with Gasteiger partial charge in [0.1, 0.15) is 5.60 Å². The number of carbonyl (C=O) groups is 2. The van der Waals surface area contributed by atoms with Crippen LogP contribution < -0.4 is 0 Å². The molecule has 0 bridgehead atoms. The van der Waals surface area contributed by atoms with Gasteiger partial charge in [0.05, 0.1) is 29.4 Å². The molecule has 0 aliphatic heterocycles. The average Bonchev–Trinajstić information content (AvgIpc) is 3.15. The molecule has 32 heavy (non-hydrogen) atoms. The molecule has 6 nitrogen and oxygen atoms in total. The number of hydrogen-bond donors (Lipinski definition) is 1. The second kappa shape index (κ2) is 8.30. The van der Waals surface area contributed by atoms with Crippen LogP contribution in [0.15, 0.2) is 72.9 Å². The third kappa shape index (κ3) is 4.54. The summed E-state index contributed by atoms with van der Waals surface area (Å²) < 4.78 is 7.39. The first kappa shape index (κ1) is 21.3. The van der Waals surface area contributed by atoms with Crippen molar-refractivity contribution in [1.29, 1.82) is 0 Å². The topological polar surface area (TPSA) is 81.4 Å². The van der Waals surface area contributed by atoms with Crippen molar-refractivity contribution in [3.63, 3.8) is 0 Å². The standard InChI is InChI=1S/C26H24N2O4/c1-26(2,3)32-25(31)22-7-5-4-6-21(22)18-10-8-17(9-11-18)16-28-23-13-12-19(24(29)30)14-20(23)15-27-28/h4-15H,16H2,1-3H3,(H,29,30). The summed E-state index contributed by atoms with van der Waals surface area (Å²) in [5.41, 5.74) is 3.86. The minimum absolute atomic E-state index is 0.241. The molecular formula is C26H24N2O4. The molecule has 0 aliphatic carbocycles. The average molecular weight is 428 g/mol. The first-order chi connectivity index (χ1) is 15.2. The quantitative estimate of drug-likeness (QED) is 0.430. The normalized spacial score (nSPS) is 11.5. The molecule has 0 fully saturated rings. The molecule has 3 aromatic carbocycles. The third-order valence-electron chi connectivity index (χ3n) is 5.03. The van der Waals surface area contributed by atoms with E-state index >= 15 is 0 Å². The maximum Gasteiger partial charge on any atom is 0.339 e. The number of carboxylic acid groups (broad SMARTS) is 1. The molecule has 0 spiro atoms. The monoisotopic (exact) mass is 428 g/mol. The van der Waals surface area contributed by atoms with Gasteiger partial charge in [-0.3, -0.25) is 4.68 Å². The lowest BCUT2D eigenvalue weighted by Crippen LogP contribution is -2.24. The fourth-order valence-electron chi connectivity index (χ4n) is 3.55. The van der Waals surface area contributed by atoms with Crippen molar-refractivity contribution < 1.29 is 19.4 Å². The summed E-state index contributed by atoms with van der Waals surface area (Å²) >= 11 is 0. The van der Waals surface area contributed by atoms with Crippen LogP contribution in [-0.2, 0) is 11.3 Å². The van der Waals surface area contributed by atoms with Gasteiger partial charge in [0.25, 0.3) is 0 Å². The molecule has 0 aliphatic rings. The third-order valence-corrected chi connectivity index (χ3v) is 5.03. The second-order valence-corrected chi connectivity index (χ2v) is 8.63. The Bertz CT molecular complexity index is 1300. The number of nitrogens with zero attached hydrogens (tertiary/aromatic N) is 2. The molecule has 1 aromatic heterocycles. The Kier molecular flexibility index (Phi) is 5.53. The van der Waals surface area contributed by atoms with E-state index in [9.17, 15) is 9.59 Å². The second-order valence-electron chi connectivity index (χ2n) is 8.63. The highest BCUT2D eigenvalue weighted by Gasteiger charge is 2.20.